The van der Waals surface area contributed by atoms with E-state index in [2.05, 4.69) is 5.32 Å². The predicted octanol–water partition coefficient (Wildman–Crippen LogP) is 0.714. The van der Waals surface area contributed by atoms with Gasteiger partial charge in [0.05, 0.1) is 11.8 Å². The van der Waals surface area contributed by atoms with E-state index in [1.54, 1.807) is 6.92 Å². The third-order valence-electron chi connectivity index (χ3n) is 3.88. The zero-order valence-corrected chi connectivity index (χ0v) is 14.7. The second-order valence-electron chi connectivity index (χ2n) is 5.98. The van der Waals surface area contributed by atoms with Crippen LogP contribution in [0.25, 0.3) is 0 Å². The fraction of sp³-hybridized carbons (Fsp3) is 0.923. The number of hydrogen-bond donors (Lipinski definition) is 2. The summed E-state index contributed by atoms with van der Waals surface area (Å²) in [7, 11) is -3.09. The summed E-state index contributed by atoms with van der Waals surface area (Å²) in [5.41, 5.74) is 5.15. The largest absolute Gasteiger partial charge is 0.354 e. The highest BCUT2D eigenvalue weighted by molar-refractivity contribution is 7.88. The van der Waals surface area contributed by atoms with Crippen LogP contribution in [-0.4, -0.2) is 50.1 Å². The van der Waals surface area contributed by atoms with E-state index in [0.717, 1.165) is 19.3 Å². The van der Waals surface area contributed by atoms with Gasteiger partial charge in [-0.25, -0.2) is 12.7 Å². The number of nitrogens with zero attached hydrogens (tertiary/aromatic N) is 1. The first kappa shape index (κ1) is 20.6. The van der Waals surface area contributed by atoms with Gasteiger partial charge in [-0.15, -0.1) is 12.4 Å². The molecule has 1 aliphatic heterocycles. The number of rotatable bonds is 6. The average molecular weight is 342 g/mol. The summed E-state index contributed by atoms with van der Waals surface area (Å²) in [6.45, 7) is 5.40. The lowest BCUT2D eigenvalue weighted by Crippen LogP contribution is -2.52. The number of piperidine rings is 1. The molecule has 1 unspecified atom stereocenters. The lowest BCUT2D eigenvalue weighted by atomic mass is 9.94. The Hall–Kier alpha value is -0.370. The molecule has 126 valence electrons. The molecule has 1 atom stereocenters. The second kappa shape index (κ2) is 8.31. The monoisotopic (exact) mass is 341 g/mol. The Balaban J connectivity index is 0.00000400. The van der Waals surface area contributed by atoms with Crippen molar-refractivity contribution in [3.05, 3.63) is 0 Å². The third-order valence-corrected chi connectivity index (χ3v) is 5.19. The number of amides is 1. The molecule has 0 bridgehead atoms. The van der Waals surface area contributed by atoms with Crippen LogP contribution in [-0.2, 0) is 14.8 Å². The van der Waals surface area contributed by atoms with Gasteiger partial charge in [0, 0.05) is 19.6 Å². The Kier molecular flexibility index (Phi) is 8.17. The van der Waals surface area contributed by atoms with Crippen LogP contribution >= 0.6 is 12.4 Å². The predicted molar refractivity (Wildman–Crippen MR) is 86.9 cm³/mol. The number of hydrogen-bond acceptors (Lipinski definition) is 4. The van der Waals surface area contributed by atoms with Crippen LogP contribution in [0.15, 0.2) is 0 Å². The van der Waals surface area contributed by atoms with Crippen LogP contribution in [0.1, 0.15) is 39.5 Å². The summed E-state index contributed by atoms with van der Waals surface area (Å²) < 4.78 is 24.3. The molecule has 8 heteroatoms. The summed E-state index contributed by atoms with van der Waals surface area (Å²) in [5.74, 6) is 0.208. The number of halogens is 1. The van der Waals surface area contributed by atoms with Crippen molar-refractivity contribution < 1.29 is 13.2 Å². The van der Waals surface area contributed by atoms with Gasteiger partial charge in [0.15, 0.2) is 0 Å². The highest BCUT2D eigenvalue weighted by atomic mass is 35.5. The molecule has 0 spiro atoms. The van der Waals surface area contributed by atoms with Crippen molar-refractivity contribution in [3.8, 4) is 0 Å². The number of carbonyl (C=O) groups is 1. The van der Waals surface area contributed by atoms with Crippen molar-refractivity contribution in [2.45, 2.75) is 45.1 Å². The summed E-state index contributed by atoms with van der Waals surface area (Å²) in [6.07, 6.45) is 4.32. The molecule has 0 aliphatic carbocycles. The van der Waals surface area contributed by atoms with Gasteiger partial charge >= 0.3 is 0 Å². The van der Waals surface area contributed by atoms with Gasteiger partial charge in [-0.3, -0.25) is 4.79 Å². The Morgan fingerprint density at radius 3 is 2.33 bits per heavy atom. The van der Waals surface area contributed by atoms with Crippen LogP contribution in [0.5, 0.6) is 0 Å². The SMILES string of the molecule is CCCC(C)(N)C(=O)NCC1CCN(S(C)(=O)=O)CC1.Cl. The molecule has 6 nitrogen and oxygen atoms in total. The quantitative estimate of drug-likeness (QED) is 0.744. The minimum atomic E-state index is -3.09. The van der Waals surface area contributed by atoms with E-state index in [1.165, 1.54) is 10.6 Å². The maximum Gasteiger partial charge on any atom is 0.239 e. The summed E-state index contributed by atoms with van der Waals surface area (Å²) in [5, 5.41) is 2.90. The van der Waals surface area contributed by atoms with Gasteiger partial charge in [-0.1, -0.05) is 13.3 Å². The average Bonchev–Trinajstić information content (AvgIpc) is 2.35. The molecule has 1 amide bonds. The molecule has 0 saturated carbocycles. The zero-order valence-electron chi connectivity index (χ0n) is 13.1. The Morgan fingerprint density at radius 2 is 1.90 bits per heavy atom. The molecule has 1 rings (SSSR count). The van der Waals surface area contributed by atoms with Gasteiger partial charge in [0.1, 0.15) is 0 Å². The Morgan fingerprint density at radius 1 is 1.38 bits per heavy atom. The second-order valence-corrected chi connectivity index (χ2v) is 7.97. The molecule has 21 heavy (non-hydrogen) atoms. The van der Waals surface area contributed by atoms with E-state index < -0.39 is 15.6 Å². The Bertz CT molecular complexity index is 432. The van der Waals surface area contributed by atoms with Crippen molar-refractivity contribution in [1.82, 2.24) is 9.62 Å². The lowest BCUT2D eigenvalue weighted by Gasteiger charge is -2.31. The molecular weight excluding hydrogens is 314 g/mol. The van der Waals surface area contributed by atoms with E-state index in [9.17, 15) is 13.2 Å². The molecule has 1 saturated heterocycles. The number of nitrogens with one attached hydrogen (secondary N) is 1. The van der Waals surface area contributed by atoms with E-state index in [4.69, 9.17) is 5.73 Å². The first-order chi connectivity index (χ1) is 9.16. The van der Waals surface area contributed by atoms with Gasteiger partial charge in [0.25, 0.3) is 0 Å². The van der Waals surface area contributed by atoms with Crippen LogP contribution < -0.4 is 11.1 Å². The fourth-order valence-corrected chi connectivity index (χ4v) is 3.39. The molecule has 1 aliphatic rings. The molecule has 0 radical (unpaired) electrons. The summed E-state index contributed by atoms with van der Waals surface area (Å²) >= 11 is 0. The molecule has 0 aromatic rings. The van der Waals surface area contributed by atoms with Crippen molar-refractivity contribution in [3.63, 3.8) is 0 Å². The van der Waals surface area contributed by atoms with E-state index in [-0.39, 0.29) is 18.3 Å². The summed E-state index contributed by atoms with van der Waals surface area (Å²) in [4.78, 5) is 12.0. The molecule has 0 aromatic carbocycles. The molecule has 1 fully saturated rings. The molecular formula is C13H28ClN3O3S. The molecule has 3 N–H and O–H groups in total. The van der Waals surface area contributed by atoms with Crippen molar-refractivity contribution in [2.24, 2.45) is 11.7 Å². The number of sulfonamides is 1. The first-order valence-corrected chi connectivity index (χ1v) is 9.04. The molecule has 0 aromatic heterocycles. The molecule has 1 heterocycles. The van der Waals surface area contributed by atoms with E-state index in [0.29, 0.717) is 32.0 Å². The van der Waals surface area contributed by atoms with Gasteiger partial charge in [-0.2, -0.15) is 0 Å². The number of carbonyl (C=O) groups excluding carboxylic acids is 1. The van der Waals surface area contributed by atoms with Gasteiger partial charge < -0.3 is 11.1 Å². The topological polar surface area (TPSA) is 92.5 Å². The smallest absolute Gasteiger partial charge is 0.239 e. The normalized spacial score (nSPS) is 20.4. The van der Waals surface area contributed by atoms with E-state index >= 15 is 0 Å². The van der Waals surface area contributed by atoms with Gasteiger partial charge in [0.2, 0.25) is 15.9 Å². The van der Waals surface area contributed by atoms with Crippen LogP contribution in [0.2, 0.25) is 0 Å². The van der Waals surface area contributed by atoms with E-state index in [1.807, 2.05) is 6.92 Å². The van der Waals surface area contributed by atoms with Crippen molar-refractivity contribution in [1.29, 1.82) is 0 Å². The zero-order chi connectivity index (χ0) is 15.4. The lowest BCUT2D eigenvalue weighted by molar-refractivity contribution is -0.126. The maximum absolute atomic E-state index is 12.0. The first-order valence-electron chi connectivity index (χ1n) is 7.19. The minimum absolute atomic E-state index is 0. The third kappa shape index (κ3) is 6.50. The Labute approximate surface area is 134 Å². The maximum atomic E-state index is 12.0. The highest BCUT2D eigenvalue weighted by Crippen LogP contribution is 2.18. The fourth-order valence-electron chi connectivity index (χ4n) is 2.52. The highest BCUT2D eigenvalue weighted by Gasteiger charge is 2.29. The minimum Gasteiger partial charge on any atom is -0.354 e. The van der Waals surface area contributed by atoms with Crippen molar-refractivity contribution in [2.75, 3.05) is 25.9 Å². The summed E-state index contributed by atoms with van der Waals surface area (Å²) in [6, 6.07) is 0. The standard InChI is InChI=1S/C13H27N3O3S.ClH/c1-4-7-13(2,14)12(17)15-10-11-5-8-16(9-6-11)20(3,18)19;/h11H,4-10,14H2,1-3H3,(H,15,17);1H. The van der Waals surface area contributed by atoms with Crippen LogP contribution in [0, 0.1) is 5.92 Å². The van der Waals surface area contributed by atoms with Crippen molar-refractivity contribution >= 4 is 28.3 Å². The number of nitrogens with two attached hydrogens (primary N) is 1. The van der Waals surface area contributed by atoms with Crippen LogP contribution in [0.3, 0.4) is 0 Å². The van der Waals surface area contributed by atoms with Crippen LogP contribution in [0.4, 0.5) is 0 Å². The van der Waals surface area contributed by atoms with Gasteiger partial charge in [-0.05, 0) is 32.1 Å².